The Kier molecular flexibility index (Phi) is 6.08. The van der Waals surface area contributed by atoms with Crippen molar-refractivity contribution in [2.75, 3.05) is 24.5 Å². The van der Waals surface area contributed by atoms with E-state index in [1.807, 2.05) is 6.92 Å². The number of pyridine rings is 1. The number of halogens is 3. The highest BCUT2D eigenvalue weighted by molar-refractivity contribution is 5.51. The minimum absolute atomic E-state index is 0.298. The van der Waals surface area contributed by atoms with E-state index in [1.54, 1.807) is 19.2 Å². The van der Waals surface area contributed by atoms with Crippen molar-refractivity contribution >= 4 is 5.69 Å². The molecule has 0 aliphatic heterocycles. The molecule has 0 saturated carbocycles. The van der Waals surface area contributed by atoms with Gasteiger partial charge in [0, 0.05) is 19.3 Å². The molecule has 108 valence electrons. The predicted octanol–water partition coefficient (Wildman–Crippen LogP) is 2.97. The molecule has 0 aliphatic rings. The van der Waals surface area contributed by atoms with Gasteiger partial charge in [-0.25, -0.2) is 0 Å². The molecule has 0 amide bonds. The van der Waals surface area contributed by atoms with Gasteiger partial charge in [0.25, 0.3) is 0 Å². The Labute approximate surface area is 111 Å². The zero-order valence-electron chi connectivity index (χ0n) is 11.3. The predicted molar refractivity (Wildman–Crippen MR) is 70.2 cm³/mol. The second kappa shape index (κ2) is 7.33. The third-order valence-corrected chi connectivity index (χ3v) is 2.72. The molecule has 0 saturated heterocycles. The van der Waals surface area contributed by atoms with Crippen molar-refractivity contribution in [1.82, 2.24) is 10.3 Å². The fourth-order valence-electron chi connectivity index (χ4n) is 1.83. The van der Waals surface area contributed by atoms with Crippen LogP contribution >= 0.6 is 0 Å². The van der Waals surface area contributed by atoms with Gasteiger partial charge in [-0.2, -0.15) is 13.2 Å². The van der Waals surface area contributed by atoms with E-state index in [0.29, 0.717) is 18.8 Å². The summed E-state index contributed by atoms with van der Waals surface area (Å²) in [4.78, 5) is 5.24. The normalized spacial score (nSPS) is 11.6. The summed E-state index contributed by atoms with van der Waals surface area (Å²) in [5.74, 6) is 0. The first-order valence-corrected chi connectivity index (χ1v) is 6.43. The van der Waals surface area contributed by atoms with E-state index in [0.717, 1.165) is 18.5 Å². The van der Waals surface area contributed by atoms with Crippen LogP contribution in [0.2, 0.25) is 0 Å². The van der Waals surface area contributed by atoms with Crippen LogP contribution in [0.3, 0.4) is 0 Å². The molecule has 1 heterocycles. The van der Waals surface area contributed by atoms with Crippen molar-refractivity contribution in [2.45, 2.75) is 33.0 Å². The number of rotatable bonds is 7. The monoisotopic (exact) mass is 275 g/mol. The summed E-state index contributed by atoms with van der Waals surface area (Å²) in [6, 6.07) is 1.76. The van der Waals surface area contributed by atoms with Gasteiger partial charge in [0.15, 0.2) is 0 Å². The molecule has 0 aromatic carbocycles. The van der Waals surface area contributed by atoms with Gasteiger partial charge in [0.1, 0.15) is 6.54 Å². The lowest BCUT2D eigenvalue weighted by molar-refractivity contribution is -0.119. The first kappa shape index (κ1) is 15.8. The van der Waals surface area contributed by atoms with Crippen molar-refractivity contribution < 1.29 is 13.2 Å². The molecule has 1 aromatic rings. The Hall–Kier alpha value is -1.30. The van der Waals surface area contributed by atoms with Crippen LogP contribution in [0.25, 0.3) is 0 Å². The standard InChI is InChI=1S/C13H20F3N3/c1-3-6-17-8-11-5-7-18-9-12(11)19(4-2)10-13(14,15)16/h5,7,9,17H,3-4,6,8,10H2,1-2H3. The maximum Gasteiger partial charge on any atom is 0.405 e. The van der Waals surface area contributed by atoms with Crippen molar-refractivity contribution in [1.29, 1.82) is 0 Å². The largest absolute Gasteiger partial charge is 0.405 e. The smallest absolute Gasteiger partial charge is 0.361 e. The van der Waals surface area contributed by atoms with Crippen LogP contribution in [-0.4, -0.2) is 30.8 Å². The molecule has 3 nitrogen and oxygen atoms in total. The van der Waals surface area contributed by atoms with Gasteiger partial charge < -0.3 is 10.2 Å². The van der Waals surface area contributed by atoms with Gasteiger partial charge >= 0.3 is 6.18 Å². The Morgan fingerprint density at radius 3 is 2.63 bits per heavy atom. The Morgan fingerprint density at radius 1 is 1.32 bits per heavy atom. The summed E-state index contributed by atoms with van der Waals surface area (Å²) in [7, 11) is 0. The van der Waals surface area contributed by atoms with Crippen LogP contribution < -0.4 is 10.2 Å². The molecule has 1 rings (SSSR count). The van der Waals surface area contributed by atoms with Crippen LogP contribution in [0.4, 0.5) is 18.9 Å². The van der Waals surface area contributed by atoms with Gasteiger partial charge in [0.05, 0.1) is 11.9 Å². The molecule has 1 N–H and O–H groups in total. The number of alkyl halides is 3. The molecule has 0 unspecified atom stereocenters. The average Bonchev–Trinajstić information content (AvgIpc) is 2.36. The zero-order chi connectivity index (χ0) is 14.3. The minimum atomic E-state index is -4.21. The highest BCUT2D eigenvalue weighted by atomic mass is 19.4. The van der Waals surface area contributed by atoms with Gasteiger partial charge in [-0.1, -0.05) is 6.92 Å². The van der Waals surface area contributed by atoms with Crippen LogP contribution in [-0.2, 0) is 6.54 Å². The highest BCUT2D eigenvalue weighted by Gasteiger charge is 2.31. The molecule has 0 spiro atoms. The molecule has 1 aromatic heterocycles. The lowest BCUT2D eigenvalue weighted by Crippen LogP contribution is -2.35. The fourth-order valence-corrected chi connectivity index (χ4v) is 1.83. The van der Waals surface area contributed by atoms with E-state index >= 15 is 0 Å². The minimum Gasteiger partial charge on any atom is -0.361 e. The number of nitrogens with zero attached hydrogens (tertiary/aromatic N) is 2. The van der Waals surface area contributed by atoms with E-state index in [2.05, 4.69) is 10.3 Å². The first-order chi connectivity index (χ1) is 8.98. The summed E-state index contributed by atoms with van der Waals surface area (Å²) in [5, 5.41) is 3.20. The van der Waals surface area contributed by atoms with E-state index < -0.39 is 12.7 Å². The Balaban J connectivity index is 2.84. The molecule has 0 atom stereocenters. The molecule has 19 heavy (non-hydrogen) atoms. The maximum atomic E-state index is 12.5. The highest BCUT2D eigenvalue weighted by Crippen LogP contribution is 2.24. The number of nitrogens with one attached hydrogen (secondary N) is 1. The molecule has 0 fully saturated rings. The molecule has 0 radical (unpaired) electrons. The number of hydrogen-bond donors (Lipinski definition) is 1. The Bertz CT molecular complexity index is 380. The second-order valence-electron chi connectivity index (χ2n) is 4.31. The maximum absolute atomic E-state index is 12.5. The van der Waals surface area contributed by atoms with E-state index in [9.17, 15) is 13.2 Å². The van der Waals surface area contributed by atoms with E-state index in [-0.39, 0.29) is 0 Å². The summed E-state index contributed by atoms with van der Waals surface area (Å²) in [6.45, 7) is 4.50. The second-order valence-corrected chi connectivity index (χ2v) is 4.31. The van der Waals surface area contributed by atoms with Crippen molar-refractivity contribution in [3.8, 4) is 0 Å². The molecular weight excluding hydrogens is 255 g/mol. The molecule has 0 bridgehead atoms. The number of aromatic nitrogens is 1. The van der Waals surface area contributed by atoms with Crippen LogP contribution in [0.5, 0.6) is 0 Å². The third kappa shape index (κ3) is 5.46. The van der Waals surface area contributed by atoms with Gasteiger partial charge in [-0.15, -0.1) is 0 Å². The van der Waals surface area contributed by atoms with Crippen LogP contribution in [0, 0.1) is 0 Å². The van der Waals surface area contributed by atoms with Gasteiger partial charge in [-0.05, 0) is 31.5 Å². The summed E-state index contributed by atoms with van der Waals surface area (Å²) >= 11 is 0. The zero-order valence-corrected chi connectivity index (χ0v) is 11.3. The lowest BCUT2D eigenvalue weighted by Gasteiger charge is -2.26. The molecular formula is C13H20F3N3. The third-order valence-electron chi connectivity index (χ3n) is 2.72. The van der Waals surface area contributed by atoms with Crippen molar-refractivity contribution in [3.05, 3.63) is 24.0 Å². The summed E-state index contributed by atoms with van der Waals surface area (Å²) in [6.07, 6.45) is -0.119. The van der Waals surface area contributed by atoms with Crippen molar-refractivity contribution in [3.63, 3.8) is 0 Å². The average molecular weight is 275 g/mol. The first-order valence-electron chi connectivity index (χ1n) is 6.43. The van der Waals surface area contributed by atoms with Crippen molar-refractivity contribution in [2.24, 2.45) is 0 Å². The van der Waals surface area contributed by atoms with E-state index in [4.69, 9.17) is 0 Å². The summed E-state index contributed by atoms with van der Waals surface area (Å²) in [5.41, 5.74) is 1.39. The van der Waals surface area contributed by atoms with Gasteiger partial charge in [-0.3, -0.25) is 4.98 Å². The molecule has 6 heteroatoms. The number of anilines is 1. The number of hydrogen-bond acceptors (Lipinski definition) is 3. The lowest BCUT2D eigenvalue weighted by atomic mass is 10.2. The Morgan fingerprint density at radius 2 is 2.05 bits per heavy atom. The fraction of sp³-hybridized carbons (Fsp3) is 0.615. The SMILES string of the molecule is CCCNCc1ccncc1N(CC)CC(F)(F)F. The quantitative estimate of drug-likeness (QED) is 0.775. The van der Waals surface area contributed by atoms with Crippen LogP contribution in [0.1, 0.15) is 25.8 Å². The van der Waals surface area contributed by atoms with Gasteiger partial charge in [0.2, 0.25) is 0 Å². The summed E-state index contributed by atoms with van der Waals surface area (Å²) < 4.78 is 37.6. The molecule has 0 aliphatic carbocycles. The van der Waals surface area contributed by atoms with Crippen LogP contribution in [0.15, 0.2) is 18.5 Å². The topological polar surface area (TPSA) is 28.2 Å². The van der Waals surface area contributed by atoms with E-state index in [1.165, 1.54) is 11.1 Å².